The lowest BCUT2D eigenvalue weighted by atomic mass is 10.1. The first-order valence-electron chi connectivity index (χ1n) is 8.95. The van der Waals surface area contributed by atoms with E-state index in [1.165, 1.54) is 16.9 Å². The topological polar surface area (TPSA) is 63.4 Å². The number of thiophene rings is 1. The van der Waals surface area contributed by atoms with Crippen molar-refractivity contribution >= 4 is 33.1 Å². The van der Waals surface area contributed by atoms with E-state index in [1.54, 1.807) is 29.8 Å². The van der Waals surface area contributed by atoms with Gasteiger partial charge in [-0.25, -0.2) is 14.5 Å². The van der Waals surface area contributed by atoms with Crippen molar-refractivity contribution in [2.45, 2.75) is 25.2 Å². The predicted molar refractivity (Wildman–Crippen MR) is 105 cm³/mol. The van der Waals surface area contributed by atoms with Gasteiger partial charge in [-0.2, -0.15) is 0 Å². The molecule has 5 rings (SSSR count). The first kappa shape index (κ1) is 16.4. The van der Waals surface area contributed by atoms with Crippen LogP contribution in [0.2, 0.25) is 0 Å². The summed E-state index contributed by atoms with van der Waals surface area (Å²) in [4.78, 5) is 25.0. The second kappa shape index (κ2) is 5.85. The van der Waals surface area contributed by atoms with Crippen molar-refractivity contribution in [2.75, 3.05) is 14.1 Å². The molecule has 1 aliphatic rings. The maximum atomic E-state index is 12.5. The highest BCUT2D eigenvalue weighted by Gasteiger charge is 2.42. The molecule has 1 aromatic carbocycles. The highest BCUT2D eigenvalue weighted by molar-refractivity contribution is 7.20. The van der Waals surface area contributed by atoms with Gasteiger partial charge in [0, 0.05) is 20.0 Å². The molecule has 6 nitrogen and oxygen atoms in total. The van der Waals surface area contributed by atoms with Crippen molar-refractivity contribution in [3.63, 3.8) is 0 Å². The lowest BCUT2D eigenvalue weighted by Gasteiger charge is -2.08. The summed E-state index contributed by atoms with van der Waals surface area (Å²) >= 11 is 1.42. The molecule has 2 atom stereocenters. The fraction of sp³-hybridized carbons (Fsp3) is 0.300. The van der Waals surface area contributed by atoms with E-state index < -0.39 is 0 Å². The number of hydrogen-bond donors (Lipinski definition) is 0. The molecule has 1 amide bonds. The fourth-order valence-corrected chi connectivity index (χ4v) is 4.83. The third-order valence-corrected chi connectivity index (χ3v) is 6.42. The van der Waals surface area contributed by atoms with Crippen molar-refractivity contribution in [1.82, 2.24) is 24.5 Å². The number of aryl methyl sites for hydroxylation is 1. The summed E-state index contributed by atoms with van der Waals surface area (Å²) in [5, 5.41) is 5.62. The van der Waals surface area contributed by atoms with Gasteiger partial charge in [0.25, 0.3) is 5.91 Å². The number of aromatic nitrogens is 4. The maximum Gasteiger partial charge on any atom is 0.263 e. The zero-order valence-electron chi connectivity index (χ0n) is 15.4. The SMILES string of the molecule is Cc1c(C(=O)N(C)C)sc2ncn3nc([C@H]4C[C@@H]4c4ccccc4)nc3c12. The van der Waals surface area contributed by atoms with Gasteiger partial charge >= 0.3 is 0 Å². The first-order valence-corrected chi connectivity index (χ1v) is 9.77. The van der Waals surface area contributed by atoms with Crippen molar-refractivity contribution in [3.05, 3.63) is 58.5 Å². The number of carbonyl (C=O) groups is 1. The summed E-state index contributed by atoms with van der Waals surface area (Å²) in [6.07, 6.45) is 2.78. The highest BCUT2D eigenvalue weighted by Crippen LogP contribution is 2.53. The molecule has 7 heteroatoms. The molecule has 1 saturated carbocycles. The second-order valence-corrected chi connectivity index (χ2v) is 8.28. The quantitative estimate of drug-likeness (QED) is 0.547. The minimum atomic E-state index is -0.000256. The van der Waals surface area contributed by atoms with Gasteiger partial charge in [-0.05, 0) is 30.4 Å². The lowest BCUT2D eigenvalue weighted by Crippen LogP contribution is -2.21. The molecular weight excluding hydrogens is 358 g/mol. The smallest absolute Gasteiger partial charge is 0.263 e. The van der Waals surface area contributed by atoms with Gasteiger partial charge < -0.3 is 4.90 Å². The number of nitrogens with zero attached hydrogens (tertiary/aromatic N) is 5. The van der Waals surface area contributed by atoms with Crippen LogP contribution in [-0.2, 0) is 0 Å². The van der Waals surface area contributed by atoms with Gasteiger partial charge in [0.1, 0.15) is 11.2 Å². The zero-order valence-corrected chi connectivity index (χ0v) is 16.2. The predicted octanol–water partition coefficient (Wildman–Crippen LogP) is 3.62. The average Bonchev–Trinajstić information content (AvgIpc) is 3.25. The largest absolute Gasteiger partial charge is 0.344 e. The molecule has 0 radical (unpaired) electrons. The molecule has 0 bridgehead atoms. The van der Waals surface area contributed by atoms with Crippen molar-refractivity contribution in [2.24, 2.45) is 0 Å². The zero-order chi connectivity index (χ0) is 18.7. The minimum Gasteiger partial charge on any atom is -0.344 e. The minimum absolute atomic E-state index is 0.000256. The standard InChI is InChI=1S/C20H19N5OS/c1-11-15-18-22-17(14-9-13(14)12-7-5-4-6-8-12)23-25(18)10-21-19(15)27-16(11)20(26)24(2)3/h4-8,10,13-14H,9H2,1-3H3/t13-,14+/m1/s1. The van der Waals surface area contributed by atoms with Crippen LogP contribution in [-0.4, -0.2) is 44.5 Å². The molecule has 1 aliphatic carbocycles. The second-order valence-electron chi connectivity index (χ2n) is 7.28. The summed E-state index contributed by atoms with van der Waals surface area (Å²) in [6, 6.07) is 10.5. The van der Waals surface area contributed by atoms with Crippen LogP contribution in [0.3, 0.4) is 0 Å². The Hall–Kier alpha value is -2.80. The Kier molecular flexibility index (Phi) is 3.55. The van der Waals surface area contributed by atoms with E-state index in [0.29, 0.717) is 16.7 Å². The molecule has 3 aromatic heterocycles. The summed E-state index contributed by atoms with van der Waals surface area (Å²) < 4.78 is 1.75. The maximum absolute atomic E-state index is 12.5. The number of hydrogen-bond acceptors (Lipinski definition) is 5. The number of carbonyl (C=O) groups excluding carboxylic acids is 1. The fourth-order valence-electron chi connectivity index (χ4n) is 3.66. The van der Waals surface area contributed by atoms with Crippen molar-refractivity contribution < 1.29 is 4.79 Å². The Morgan fingerprint density at radius 1 is 1.22 bits per heavy atom. The Labute approximate surface area is 160 Å². The van der Waals surface area contributed by atoms with Crippen LogP contribution in [0.25, 0.3) is 15.9 Å². The van der Waals surface area contributed by atoms with E-state index in [1.807, 2.05) is 13.0 Å². The number of fused-ring (bicyclic) bond motifs is 3. The van der Waals surface area contributed by atoms with Crippen molar-refractivity contribution in [1.29, 1.82) is 0 Å². The molecule has 136 valence electrons. The summed E-state index contributed by atoms with van der Waals surface area (Å²) in [6.45, 7) is 1.97. The van der Waals surface area contributed by atoms with E-state index in [-0.39, 0.29) is 5.91 Å². The number of amides is 1. The van der Waals surface area contributed by atoms with Crippen LogP contribution in [0.1, 0.15) is 44.9 Å². The molecule has 27 heavy (non-hydrogen) atoms. The van der Waals surface area contributed by atoms with E-state index in [4.69, 9.17) is 4.98 Å². The van der Waals surface area contributed by atoms with Gasteiger partial charge in [-0.3, -0.25) is 4.79 Å². The van der Waals surface area contributed by atoms with E-state index in [0.717, 1.165) is 33.7 Å². The molecule has 3 heterocycles. The summed E-state index contributed by atoms with van der Waals surface area (Å²) in [5.41, 5.74) is 3.07. The van der Waals surface area contributed by atoms with Gasteiger partial charge in [0.2, 0.25) is 0 Å². The first-order chi connectivity index (χ1) is 13.0. The molecule has 0 saturated heterocycles. The van der Waals surface area contributed by atoms with Gasteiger partial charge in [-0.1, -0.05) is 30.3 Å². The van der Waals surface area contributed by atoms with Crippen LogP contribution in [0.5, 0.6) is 0 Å². The van der Waals surface area contributed by atoms with E-state index >= 15 is 0 Å². The van der Waals surface area contributed by atoms with Crippen molar-refractivity contribution in [3.8, 4) is 0 Å². The normalized spacial score (nSPS) is 18.9. The Bertz CT molecular complexity index is 1180. The van der Waals surface area contributed by atoms with Crippen LogP contribution < -0.4 is 0 Å². The van der Waals surface area contributed by atoms with Gasteiger partial charge in [0.15, 0.2) is 11.5 Å². The monoisotopic (exact) mass is 377 g/mol. The van der Waals surface area contributed by atoms with Gasteiger partial charge in [0.05, 0.1) is 10.3 Å². The summed E-state index contributed by atoms with van der Waals surface area (Å²) in [5.74, 6) is 1.70. The Balaban J connectivity index is 1.58. The van der Waals surface area contributed by atoms with Crippen LogP contribution in [0, 0.1) is 6.92 Å². The average molecular weight is 377 g/mol. The Morgan fingerprint density at radius 3 is 2.74 bits per heavy atom. The third-order valence-electron chi connectivity index (χ3n) is 5.23. The summed E-state index contributed by atoms with van der Waals surface area (Å²) in [7, 11) is 3.53. The van der Waals surface area contributed by atoms with Crippen LogP contribution >= 0.6 is 11.3 Å². The molecule has 0 spiro atoms. The molecule has 0 N–H and O–H groups in total. The lowest BCUT2D eigenvalue weighted by molar-refractivity contribution is 0.0831. The third kappa shape index (κ3) is 2.53. The highest BCUT2D eigenvalue weighted by atomic mass is 32.1. The number of benzene rings is 1. The molecule has 1 fully saturated rings. The van der Waals surface area contributed by atoms with Gasteiger partial charge in [-0.15, -0.1) is 16.4 Å². The number of rotatable bonds is 3. The van der Waals surface area contributed by atoms with Crippen LogP contribution in [0.15, 0.2) is 36.7 Å². The molecule has 4 aromatic rings. The molecule has 0 aliphatic heterocycles. The van der Waals surface area contributed by atoms with E-state index in [9.17, 15) is 4.79 Å². The van der Waals surface area contributed by atoms with E-state index in [2.05, 4.69) is 34.3 Å². The molecular formula is C20H19N5OS. The molecule has 0 unspecified atom stereocenters. The Morgan fingerprint density at radius 2 is 2.00 bits per heavy atom. The van der Waals surface area contributed by atoms with Crippen LogP contribution in [0.4, 0.5) is 0 Å².